The standard InChI is InChI=1S/C17H14O/c1-2-14-8-11-16(12-9-14)17(18)13-10-15-6-4-3-5-7-15/h2-13H,1H2/b13-10+. The number of carbonyl (C=O) groups is 1. The molecule has 0 aliphatic heterocycles. The Hall–Kier alpha value is -2.41. The van der Waals surface area contributed by atoms with Crippen molar-refractivity contribution in [2.45, 2.75) is 0 Å². The van der Waals surface area contributed by atoms with E-state index in [1.165, 1.54) is 0 Å². The van der Waals surface area contributed by atoms with Crippen molar-refractivity contribution in [3.05, 3.63) is 83.9 Å². The molecule has 0 spiro atoms. The molecule has 1 heteroatoms. The summed E-state index contributed by atoms with van der Waals surface area (Å²) in [5.41, 5.74) is 2.72. The van der Waals surface area contributed by atoms with Crippen LogP contribution in [-0.4, -0.2) is 5.78 Å². The number of hydrogen-bond acceptors (Lipinski definition) is 1. The second-order valence-electron chi connectivity index (χ2n) is 3.93. The molecular formula is C17H14O. The highest BCUT2D eigenvalue weighted by molar-refractivity contribution is 6.06. The fourth-order valence-electron chi connectivity index (χ4n) is 1.62. The molecule has 0 aliphatic rings. The highest BCUT2D eigenvalue weighted by Gasteiger charge is 2.00. The lowest BCUT2D eigenvalue weighted by Crippen LogP contribution is -1.93. The summed E-state index contributed by atoms with van der Waals surface area (Å²) in [5.74, 6) is 0.00876. The first-order valence-electron chi connectivity index (χ1n) is 5.79. The third kappa shape index (κ3) is 3.05. The van der Waals surface area contributed by atoms with Crippen LogP contribution in [0.2, 0.25) is 0 Å². The third-order valence-electron chi connectivity index (χ3n) is 2.66. The van der Waals surface area contributed by atoms with Crippen LogP contribution in [-0.2, 0) is 0 Å². The lowest BCUT2D eigenvalue weighted by atomic mass is 10.1. The van der Waals surface area contributed by atoms with Gasteiger partial charge in [-0.2, -0.15) is 0 Å². The van der Waals surface area contributed by atoms with Gasteiger partial charge in [-0.3, -0.25) is 4.79 Å². The van der Waals surface area contributed by atoms with Gasteiger partial charge in [-0.15, -0.1) is 0 Å². The Balaban J connectivity index is 2.12. The van der Waals surface area contributed by atoms with Crippen molar-refractivity contribution in [2.75, 3.05) is 0 Å². The summed E-state index contributed by atoms with van der Waals surface area (Å²) in [6.07, 6.45) is 5.18. The first-order chi connectivity index (χ1) is 8.79. The predicted molar refractivity (Wildman–Crippen MR) is 76.3 cm³/mol. The number of carbonyl (C=O) groups excluding carboxylic acids is 1. The summed E-state index contributed by atoms with van der Waals surface area (Å²) in [4.78, 5) is 11.9. The smallest absolute Gasteiger partial charge is 0.185 e. The highest BCUT2D eigenvalue weighted by atomic mass is 16.1. The lowest BCUT2D eigenvalue weighted by molar-refractivity contribution is 0.104. The van der Waals surface area contributed by atoms with Crippen LogP contribution in [0.15, 0.2) is 67.3 Å². The molecule has 0 atom stereocenters. The van der Waals surface area contributed by atoms with Crippen LogP contribution >= 0.6 is 0 Å². The molecule has 0 aliphatic carbocycles. The van der Waals surface area contributed by atoms with Crippen LogP contribution < -0.4 is 0 Å². The number of rotatable bonds is 4. The van der Waals surface area contributed by atoms with Crippen molar-refractivity contribution in [1.82, 2.24) is 0 Å². The molecular weight excluding hydrogens is 220 g/mol. The molecule has 0 heterocycles. The maximum atomic E-state index is 11.9. The van der Waals surface area contributed by atoms with Crippen LogP contribution in [0, 0.1) is 0 Å². The van der Waals surface area contributed by atoms with E-state index in [1.54, 1.807) is 12.2 Å². The fraction of sp³-hybridized carbons (Fsp3) is 0. The molecule has 0 saturated carbocycles. The lowest BCUT2D eigenvalue weighted by Gasteiger charge is -1.97. The first kappa shape index (κ1) is 12.1. The van der Waals surface area contributed by atoms with E-state index < -0.39 is 0 Å². The number of hydrogen-bond donors (Lipinski definition) is 0. The minimum Gasteiger partial charge on any atom is -0.289 e. The van der Waals surface area contributed by atoms with E-state index in [4.69, 9.17) is 0 Å². The average molecular weight is 234 g/mol. The van der Waals surface area contributed by atoms with Crippen molar-refractivity contribution in [3.63, 3.8) is 0 Å². The monoisotopic (exact) mass is 234 g/mol. The zero-order valence-corrected chi connectivity index (χ0v) is 10.0. The van der Waals surface area contributed by atoms with E-state index in [0.29, 0.717) is 5.56 Å². The highest BCUT2D eigenvalue weighted by Crippen LogP contribution is 2.08. The Kier molecular flexibility index (Phi) is 3.87. The fourth-order valence-corrected chi connectivity index (χ4v) is 1.62. The Labute approximate surface area is 107 Å². The van der Waals surface area contributed by atoms with Gasteiger partial charge in [-0.05, 0) is 17.2 Å². The van der Waals surface area contributed by atoms with Crippen LogP contribution in [0.25, 0.3) is 12.2 Å². The van der Waals surface area contributed by atoms with Crippen molar-refractivity contribution in [2.24, 2.45) is 0 Å². The summed E-state index contributed by atoms with van der Waals surface area (Å²) in [6, 6.07) is 17.2. The van der Waals surface area contributed by atoms with Gasteiger partial charge < -0.3 is 0 Å². The molecule has 88 valence electrons. The van der Waals surface area contributed by atoms with Gasteiger partial charge in [-0.1, -0.05) is 73.3 Å². The van der Waals surface area contributed by atoms with Crippen molar-refractivity contribution >= 4 is 17.9 Å². The van der Waals surface area contributed by atoms with E-state index in [1.807, 2.05) is 60.7 Å². The predicted octanol–water partition coefficient (Wildman–Crippen LogP) is 4.23. The molecule has 0 bridgehead atoms. The van der Waals surface area contributed by atoms with Gasteiger partial charge in [-0.25, -0.2) is 0 Å². The minimum atomic E-state index is 0.00876. The normalized spacial score (nSPS) is 10.4. The number of allylic oxidation sites excluding steroid dienone is 1. The van der Waals surface area contributed by atoms with E-state index >= 15 is 0 Å². The van der Waals surface area contributed by atoms with Gasteiger partial charge in [0.2, 0.25) is 0 Å². The first-order valence-corrected chi connectivity index (χ1v) is 5.79. The van der Waals surface area contributed by atoms with Gasteiger partial charge in [0, 0.05) is 5.56 Å². The van der Waals surface area contributed by atoms with Gasteiger partial charge in [0.25, 0.3) is 0 Å². The zero-order valence-electron chi connectivity index (χ0n) is 10.0. The molecule has 0 radical (unpaired) electrons. The number of ketones is 1. The molecule has 0 amide bonds. The Morgan fingerprint density at radius 1 is 0.889 bits per heavy atom. The summed E-state index contributed by atoms with van der Waals surface area (Å²) < 4.78 is 0. The van der Waals surface area contributed by atoms with E-state index in [0.717, 1.165) is 11.1 Å². The van der Waals surface area contributed by atoms with Crippen molar-refractivity contribution < 1.29 is 4.79 Å². The van der Waals surface area contributed by atoms with E-state index in [-0.39, 0.29) is 5.78 Å². The summed E-state index contributed by atoms with van der Waals surface area (Å²) in [6.45, 7) is 3.68. The van der Waals surface area contributed by atoms with Crippen LogP contribution in [0.5, 0.6) is 0 Å². The summed E-state index contributed by atoms with van der Waals surface area (Å²) >= 11 is 0. The maximum absolute atomic E-state index is 11.9. The zero-order chi connectivity index (χ0) is 12.8. The number of benzene rings is 2. The molecule has 2 rings (SSSR count). The van der Waals surface area contributed by atoms with E-state index in [2.05, 4.69) is 6.58 Å². The molecule has 2 aromatic carbocycles. The van der Waals surface area contributed by atoms with Crippen LogP contribution in [0.4, 0.5) is 0 Å². The van der Waals surface area contributed by atoms with Gasteiger partial charge >= 0.3 is 0 Å². The van der Waals surface area contributed by atoms with Gasteiger partial charge in [0.15, 0.2) is 5.78 Å². The molecule has 0 N–H and O–H groups in total. The van der Waals surface area contributed by atoms with Crippen LogP contribution in [0.1, 0.15) is 21.5 Å². The molecule has 1 nitrogen and oxygen atoms in total. The topological polar surface area (TPSA) is 17.1 Å². The summed E-state index contributed by atoms with van der Waals surface area (Å²) in [7, 11) is 0. The second-order valence-corrected chi connectivity index (χ2v) is 3.93. The third-order valence-corrected chi connectivity index (χ3v) is 2.66. The van der Waals surface area contributed by atoms with E-state index in [9.17, 15) is 4.79 Å². The SMILES string of the molecule is C=Cc1ccc(C(=O)/C=C/c2ccccc2)cc1. The maximum Gasteiger partial charge on any atom is 0.185 e. The Morgan fingerprint density at radius 3 is 2.17 bits per heavy atom. The molecule has 2 aromatic rings. The molecule has 0 aromatic heterocycles. The molecule has 0 unspecified atom stereocenters. The van der Waals surface area contributed by atoms with Crippen LogP contribution in [0.3, 0.4) is 0 Å². The van der Waals surface area contributed by atoms with Crippen molar-refractivity contribution in [3.8, 4) is 0 Å². The summed E-state index contributed by atoms with van der Waals surface area (Å²) in [5, 5.41) is 0. The largest absolute Gasteiger partial charge is 0.289 e. The minimum absolute atomic E-state index is 0.00876. The molecule has 0 saturated heterocycles. The van der Waals surface area contributed by atoms with Gasteiger partial charge in [0.05, 0.1) is 0 Å². The van der Waals surface area contributed by atoms with Gasteiger partial charge in [0.1, 0.15) is 0 Å². The molecule has 18 heavy (non-hydrogen) atoms. The second kappa shape index (κ2) is 5.78. The quantitative estimate of drug-likeness (QED) is 0.571. The average Bonchev–Trinajstić information content (AvgIpc) is 2.46. The Bertz CT molecular complexity index is 562. The Morgan fingerprint density at radius 2 is 1.56 bits per heavy atom. The molecule has 0 fully saturated rings. The van der Waals surface area contributed by atoms with Crippen molar-refractivity contribution in [1.29, 1.82) is 0 Å².